The molecular weight excluding hydrogens is 390 g/mol. The lowest BCUT2D eigenvalue weighted by atomic mass is 10.0. The fraction of sp³-hybridized carbons (Fsp3) is 0.278. The number of nitrogens with two attached hydrogens (primary N) is 1. The van der Waals surface area contributed by atoms with Crippen LogP contribution < -0.4 is 11.1 Å². The lowest BCUT2D eigenvalue weighted by molar-refractivity contribution is -0.143. The SMILES string of the molecule is NCc1ccccc1.O=C(O)CNCc1cc(C(F)(F)F)cc(C(F)(F)F)c1. The van der Waals surface area contributed by atoms with E-state index in [0.29, 0.717) is 18.7 Å². The lowest BCUT2D eigenvalue weighted by Gasteiger charge is -2.14. The number of carboxylic acids is 1. The number of hydrogen-bond donors (Lipinski definition) is 3. The average molecular weight is 408 g/mol. The number of carbonyl (C=O) groups is 1. The maximum Gasteiger partial charge on any atom is 0.416 e. The standard InChI is InChI=1S/C11H9F6NO2.C7H9N/c12-10(13,14)7-1-6(4-18-5-9(19)20)2-8(3-7)11(15,16)17;8-6-7-4-2-1-3-5-7/h1-3,18H,4-5H2,(H,19,20);1-5H,6,8H2. The van der Waals surface area contributed by atoms with Crippen molar-refractivity contribution in [2.75, 3.05) is 6.54 Å². The molecule has 0 radical (unpaired) electrons. The van der Waals surface area contributed by atoms with Gasteiger partial charge in [0.1, 0.15) is 0 Å². The van der Waals surface area contributed by atoms with E-state index in [1.807, 2.05) is 30.3 Å². The highest BCUT2D eigenvalue weighted by Crippen LogP contribution is 2.36. The van der Waals surface area contributed by atoms with Crippen LogP contribution in [0.15, 0.2) is 48.5 Å². The highest BCUT2D eigenvalue weighted by molar-refractivity contribution is 5.69. The molecule has 0 unspecified atom stereocenters. The molecule has 2 aromatic rings. The first kappa shape index (κ1) is 23.4. The van der Waals surface area contributed by atoms with Crippen LogP contribution >= 0.6 is 0 Å². The van der Waals surface area contributed by atoms with Crippen molar-refractivity contribution in [3.63, 3.8) is 0 Å². The van der Waals surface area contributed by atoms with E-state index in [9.17, 15) is 31.1 Å². The zero-order chi connectivity index (χ0) is 21.4. The monoisotopic (exact) mass is 408 g/mol. The summed E-state index contributed by atoms with van der Waals surface area (Å²) in [5.41, 5.74) is 3.38. The summed E-state index contributed by atoms with van der Waals surface area (Å²) in [6.45, 7) is -0.349. The van der Waals surface area contributed by atoms with Crippen LogP contribution in [0.25, 0.3) is 0 Å². The molecule has 0 heterocycles. The molecule has 0 atom stereocenters. The molecule has 0 fully saturated rings. The van der Waals surface area contributed by atoms with Crippen molar-refractivity contribution in [1.29, 1.82) is 0 Å². The Morgan fingerprint density at radius 3 is 1.75 bits per heavy atom. The normalized spacial score (nSPS) is 11.5. The van der Waals surface area contributed by atoms with Crippen molar-refractivity contribution in [3.8, 4) is 0 Å². The Kier molecular flexibility index (Phi) is 8.45. The highest BCUT2D eigenvalue weighted by atomic mass is 19.4. The predicted octanol–water partition coefficient (Wildman–Crippen LogP) is 4.04. The van der Waals surface area contributed by atoms with Gasteiger partial charge in [0.05, 0.1) is 17.7 Å². The Balaban J connectivity index is 0.000000406. The van der Waals surface area contributed by atoms with Crippen LogP contribution in [-0.4, -0.2) is 17.6 Å². The topological polar surface area (TPSA) is 75.4 Å². The molecule has 28 heavy (non-hydrogen) atoms. The van der Waals surface area contributed by atoms with E-state index in [2.05, 4.69) is 5.32 Å². The number of alkyl halides is 6. The fourth-order valence-corrected chi connectivity index (χ4v) is 2.05. The predicted molar refractivity (Wildman–Crippen MR) is 90.1 cm³/mol. The molecule has 4 nitrogen and oxygen atoms in total. The van der Waals surface area contributed by atoms with E-state index in [0.717, 1.165) is 0 Å². The van der Waals surface area contributed by atoms with Crippen molar-refractivity contribution >= 4 is 5.97 Å². The Hall–Kier alpha value is -2.59. The first-order chi connectivity index (χ1) is 12.9. The van der Waals surface area contributed by atoms with E-state index in [4.69, 9.17) is 10.8 Å². The molecule has 10 heteroatoms. The van der Waals surface area contributed by atoms with Gasteiger partial charge in [-0.3, -0.25) is 4.79 Å². The molecule has 0 aromatic heterocycles. The second kappa shape index (κ2) is 10.1. The summed E-state index contributed by atoms with van der Waals surface area (Å²) < 4.78 is 75.0. The van der Waals surface area contributed by atoms with Crippen molar-refractivity contribution in [2.45, 2.75) is 25.4 Å². The summed E-state index contributed by atoms with van der Waals surface area (Å²) in [6, 6.07) is 11.1. The molecule has 0 aliphatic heterocycles. The van der Waals surface area contributed by atoms with Gasteiger partial charge in [-0.1, -0.05) is 30.3 Å². The van der Waals surface area contributed by atoms with Crippen molar-refractivity contribution in [1.82, 2.24) is 5.32 Å². The number of hydrogen-bond acceptors (Lipinski definition) is 3. The smallest absolute Gasteiger partial charge is 0.416 e. The van der Waals surface area contributed by atoms with Crippen LogP contribution in [0.4, 0.5) is 26.3 Å². The van der Waals surface area contributed by atoms with E-state index in [1.54, 1.807) is 0 Å². The molecule has 2 rings (SSSR count). The average Bonchev–Trinajstić information content (AvgIpc) is 2.61. The zero-order valence-corrected chi connectivity index (χ0v) is 14.4. The molecule has 0 bridgehead atoms. The van der Waals surface area contributed by atoms with Crippen molar-refractivity contribution in [3.05, 3.63) is 70.8 Å². The maximum absolute atomic E-state index is 12.5. The first-order valence-corrected chi connectivity index (χ1v) is 7.88. The third-order valence-corrected chi connectivity index (χ3v) is 3.33. The van der Waals surface area contributed by atoms with Gasteiger partial charge in [-0.25, -0.2) is 0 Å². The minimum atomic E-state index is -4.91. The first-order valence-electron chi connectivity index (χ1n) is 7.88. The number of benzene rings is 2. The molecule has 0 amide bonds. The summed E-state index contributed by atoms with van der Waals surface area (Å²) in [7, 11) is 0. The van der Waals surface area contributed by atoms with Crippen LogP contribution in [0.5, 0.6) is 0 Å². The van der Waals surface area contributed by atoms with Gasteiger partial charge in [-0.2, -0.15) is 26.3 Å². The second-order valence-electron chi connectivity index (χ2n) is 5.60. The van der Waals surface area contributed by atoms with Crippen LogP contribution in [0.1, 0.15) is 22.3 Å². The van der Waals surface area contributed by atoms with Gasteiger partial charge in [0.2, 0.25) is 0 Å². The zero-order valence-electron chi connectivity index (χ0n) is 14.4. The quantitative estimate of drug-likeness (QED) is 0.653. The van der Waals surface area contributed by atoms with Crippen LogP contribution in [0.2, 0.25) is 0 Å². The Bertz CT molecular complexity index is 729. The Morgan fingerprint density at radius 2 is 1.39 bits per heavy atom. The Labute approximate surface area is 157 Å². The van der Waals surface area contributed by atoms with Crippen LogP contribution in [-0.2, 0) is 30.2 Å². The summed E-state index contributed by atoms with van der Waals surface area (Å²) in [6.07, 6.45) is -9.83. The number of nitrogens with one attached hydrogen (secondary N) is 1. The molecule has 0 aliphatic carbocycles. The second-order valence-corrected chi connectivity index (χ2v) is 5.60. The van der Waals surface area contributed by atoms with Gasteiger partial charge in [0, 0.05) is 13.1 Å². The number of aliphatic carboxylic acids is 1. The molecule has 0 saturated heterocycles. The molecule has 0 saturated carbocycles. The van der Waals surface area contributed by atoms with E-state index in [1.165, 1.54) is 5.56 Å². The molecule has 4 N–H and O–H groups in total. The fourth-order valence-electron chi connectivity index (χ4n) is 2.05. The largest absolute Gasteiger partial charge is 0.480 e. The van der Waals surface area contributed by atoms with Gasteiger partial charge in [-0.05, 0) is 29.3 Å². The van der Waals surface area contributed by atoms with Crippen LogP contribution in [0.3, 0.4) is 0 Å². The number of rotatable bonds is 5. The van der Waals surface area contributed by atoms with Gasteiger partial charge in [-0.15, -0.1) is 0 Å². The molecule has 0 aliphatic rings. The van der Waals surface area contributed by atoms with E-state index < -0.39 is 42.5 Å². The number of carboxylic acid groups (broad SMARTS) is 1. The van der Waals surface area contributed by atoms with Gasteiger partial charge < -0.3 is 16.2 Å². The van der Waals surface area contributed by atoms with E-state index in [-0.39, 0.29) is 11.6 Å². The molecule has 0 spiro atoms. The summed E-state index contributed by atoms with van der Waals surface area (Å²) >= 11 is 0. The van der Waals surface area contributed by atoms with Crippen molar-refractivity contribution < 1.29 is 36.2 Å². The third kappa shape index (κ3) is 8.40. The summed E-state index contributed by atoms with van der Waals surface area (Å²) in [5.74, 6) is -1.27. The number of halogens is 6. The summed E-state index contributed by atoms with van der Waals surface area (Å²) in [4.78, 5) is 10.2. The Morgan fingerprint density at radius 1 is 0.893 bits per heavy atom. The molecule has 2 aromatic carbocycles. The highest BCUT2D eigenvalue weighted by Gasteiger charge is 2.36. The molecular formula is C18H18F6N2O2. The van der Waals surface area contributed by atoms with Gasteiger partial charge in [0.25, 0.3) is 0 Å². The van der Waals surface area contributed by atoms with Gasteiger partial charge in [0.15, 0.2) is 0 Å². The van der Waals surface area contributed by atoms with E-state index >= 15 is 0 Å². The maximum atomic E-state index is 12.5. The van der Waals surface area contributed by atoms with Crippen LogP contribution in [0, 0.1) is 0 Å². The van der Waals surface area contributed by atoms with Crippen molar-refractivity contribution in [2.24, 2.45) is 5.73 Å². The lowest BCUT2D eigenvalue weighted by Crippen LogP contribution is -2.22. The minimum Gasteiger partial charge on any atom is -0.480 e. The minimum absolute atomic E-state index is 0.0146. The summed E-state index contributed by atoms with van der Waals surface area (Å²) in [5, 5.41) is 10.6. The third-order valence-electron chi connectivity index (χ3n) is 3.33. The molecule has 154 valence electrons. The van der Waals surface area contributed by atoms with Gasteiger partial charge >= 0.3 is 18.3 Å².